The van der Waals surface area contributed by atoms with Gasteiger partial charge in [0.2, 0.25) is 0 Å². The Bertz CT molecular complexity index is 725. The zero-order chi connectivity index (χ0) is 17.1. The van der Waals surface area contributed by atoms with E-state index >= 15 is 0 Å². The molecule has 2 heterocycles. The second-order valence-corrected chi connectivity index (χ2v) is 6.57. The molecule has 2 aromatic rings. The second kappa shape index (κ2) is 6.79. The Hall–Kier alpha value is -2.75. The smallest absolute Gasteiger partial charge is 0.128 e. The lowest BCUT2D eigenvalue weighted by atomic mass is 9.90. The zero-order valence-electron chi connectivity index (χ0n) is 13.9. The van der Waals surface area contributed by atoms with Crippen molar-refractivity contribution in [3.63, 3.8) is 0 Å². The number of nitrogen functional groups attached to an aromatic ring is 1. The third kappa shape index (κ3) is 3.77. The SMILES string of the molecule is C=C(Cc1ccc(N)cc1)CC1CN(c2ccc(C(=C)N)cn2)C1. The molecule has 4 nitrogen and oxygen atoms in total. The van der Waals surface area contributed by atoms with E-state index in [-0.39, 0.29) is 0 Å². The van der Waals surface area contributed by atoms with Crippen LogP contribution in [0.3, 0.4) is 0 Å². The summed E-state index contributed by atoms with van der Waals surface area (Å²) in [7, 11) is 0. The number of aromatic nitrogens is 1. The van der Waals surface area contributed by atoms with Crippen molar-refractivity contribution in [3.05, 3.63) is 72.5 Å². The number of hydrogen-bond donors (Lipinski definition) is 2. The lowest BCUT2D eigenvalue weighted by molar-refractivity contribution is 0.402. The van der Waals surface area contributed by atoms with Gasteiger partial charge in [0.1, 0.15) is 5.82 Å². The van der Waals surface area contributed by atoms with Crippen LogP contribution in [0.15, 0.2) is 61.3 Å². The fourth-order valence-corrected chi connectivity index (χ4v) is 3.05. The van der Waals surface area contributed by atoms with Crippen molar-refractivity contribution in [1.29, 1.82) is 0 Å². The first-order valence-electron chi connectivity index (χ1n) is 8.18. The van der Waals surface area contributed by atoms with Gasteiger partial charge in [-0.1, -0.05) is 30.9 Å². The van der Waals surface area contributed by atoms with Crippen LogP contribution >= 0.6 is 0 Å². The second-order valence-electron chi connectivity index (χ2n) is 6.57. The minimum Gasteiger partial charge on any atom is -0.399 e. The maximum absolute atomic E-state index is 5.72. The summed E-state index contributed by atoms with van der Waals surface area (Å²) < 4.78 is 0. The van der Waals surface area contributed by atoms with Crippen molar-refractivity contribution >= 4 is 17.2 Å². The van der Waals surface area contributed by atoms with Crippen molar-refractivity contribution in [2.24, 2.45) is 11.7 Å². The number of allylic oxidation sites excluding steroid dienone is 1. The molecule has 0 bridgehead atoms. The number of hydrogen-bond acceptors (Lipinski definition) is 4. The third-order valence-corrected chi connectivity index (χ3v) is 4.41. The molecule has 1 aromatic heterocycles. The fraction of sp³-hybridized carbons (Fsp3) is 0.250. The van der Waals surface area contributed by atoms with Crippen LogP contribution in [0.1, 0.15) is 17.5 Å². The molecule has 0 radical (unpaired) electrons. The van der Waals surface area contributed by atoms with Crippen LogP contribution in [0.2, 0.25) is 0 Å². The topological polar surface area (TPSA) is 68.2 Å². The summed E-state index contributed by atoms with van der Waals surface area (Å²) in [6.45, 7) is 10.0. The normalized spacial score (nSPS) is 14.2. The average molecular weight is 320 g/mol. The van der Waals surface area contributed by atoms with E-state index in [0.29, 0.717) is 11.6 Å². The Morgan fingerprint density at radius 1 is 1.12 bits per heavy atom. The van der Waals surface area contributed by atoms with Crippen molar-refractivity contribution in [1.82, 2.24) is 4.98 Å². The van der Waals surface area contributed by atoms with Gasteiger partial charge in [0.25, 0.3) is 0 Å². The van der Waals surface area contributed by atoms with E-state index < -0.39 is 0 Å². The highest BCUT2D eigenvalue weighted by Crippen LogP contribution is 2.28. The van der Waals surface area contributed by atoms with E-state index in [1.807, 2.05) is 24.3 Å². The van der Waals surface area contributed by atoms with Crippen LogP contribution in [0, 0.1) is 5.92 Å². The first kappa shape index (κ1) is 16.1. The molecule has 0 amide bonds. The van der Waals surface area contributed by atoms with Crippen LogP contribution in [-0.4, -0.2) is 18.1 Å². The molecule has 1 fully saturated rings. The van der Waals surface area contributed by atoms with Crippen LogP contribution in [0.4, 0.5) is 11.5 Å². The van der Waals surface area contributed by atoms with Crippen LogP contribution in [0.5, 0.6) is 0 Å². The van der Waals surface area contributed by atoms with E-state index in [1.165, 1.54) is 11.1 Å². The van der Waals surface area contributed by atoms with Gasteiger partial charge in [0, 0.05) is 36.2 Å². The van der Waals surface area contributed by atoms with Crippen molar-refractivity contribution in [2.75, 3.05) is 23.7 Å². The van der Waals surface area contributed by atoms with E-state index in [1.54, 1.807) is 6.20 Å². The highest BCUT2D eigenvalue weighted by Gasteiger charge is 2.27. The Balaban J connectivity index is 1.47. The molecule has 0 unspecified atom stereocenters. The Labute approximate surface area is 143 Å². The Morgan fingerprint density at radius 2 is 1.83 bits per heavy atom. The third-order valence-electron chi connectivity index (χ3n) is 4.41. The molecule has 1 aliphatic heterocycles. The summed E-state index contributed by atoms with van der Waals surface area (Å²) in [6, 6.07) is 12.0. The zero-order valence-corrected chi connectivity index (χ0v) is 13.9. The summed E-state index contributed by atoms with van der Waals surface area (Å²) in [5.41, 5.74) is 16.2. The maximum Gasteiger partial charge on any atom is 0.128 e. The van der Waals surface area contributed by atoms with E-state index in [0.717, 1.165) is 43.0 Å². The standard InChI is InChI=1S/C20H24N4/c1-14(9-16-3-6-19(22)7-4-16)10-17-12-24(13-17)20-8-5-18(11-23-20)15(2)21/h3-8,11,17H,1-2,9-10,12-13,21-22H2. The molecule has 0 aliphatic carbocycles. The maximum atomic E-state index is 5.72. The fourth-order valence-electron chi connectivity index (χ4n) is 3.05. The number of pyridine rings is 1. The molecule has 1 aliphatic rings. The number of benzene rings is 1. The summed E-state index contributed by atoms with van der Waals surface area (Å²) in [4.78, 5) is 6.74. The number of nitrogens with two attached hydrogens (primary N) is 2. The molecule has 1 aromatic carbocycles. The molecule has 0 spiro atoms. The van der Waals surface area contributed by atoms with Crippen LogP contribution in [0.25, 0.3) is 5.70 Å². The predicted octanol–water partition coefficient (Wildman–Crippen LogP) is 3.22. The monoisotopic (exact) mass is 320 g/mol. The van der Waals surface area contributed by atoms with E-state index in [9.17, 15) is 0 Å². The largest absolute Gasteiger partial charge is 0.399 e. The van der Waals surface area contributed by atoms with Gasteiger partial charge in [0.05, 0.1) is 0 Å². The average Bonchev–Trinajstić information content (AvgIpc) is 2.53. The summed E-state index contributed by atoms with van der Waals surface area (Å²) in [6.07, 6.45) is 3.76. The molecule has 124 valence electrons. The molecular formula is C20H24N4. The quantitative estimate of drug-likeness (QED) is 0.633. The highest BCUT2D eigenvalue weighted by molar-refractivity contribution is 5.60. The molecule has 4 N–H and O–H groups in total. The number of anilines is 2. The van der Waals surface area contributed by atoms with Crippen molar-refractivity contribution in [3.8, 4) is 0 Å². The van der Waals surface area contributed by atoms with Crippen molar-refractivity contribution in [2.45, 2.75) is 12.8 Å². The van der Waals surface area contributed by atoms with Gasteiger partial charge in [-0.3, -0.25) is 0 Å². The van der Waals surface area contributed by atoms with E-state index in [4.69, 9.17) is 11.5 Å². The number of nitrogens with zero attached hydrogens (tertiary/aromatic N) is 2. The minimum atomic E-state index is 0.550. The van der Waals surface area contributed by atoms with Crippen LogP contribution < -0.4 is 16.4 Å². The van der Waals surface area contributed by atoms with E-state index in [2.05, 4.69) is 35.2 Å². The summed E-state index contributed by atoms with van der Waals surface area (Å²) in [5, 5.41) is 0. The minimum absolute atomic E-state index is 0.550. The van der Waals surface area contributed by atoms with Gasteiger partial charge in [0.15, 0.2) is 0 Å². The molecule has 0 saturated carbocycles. The molecular weight excluding hydrogens is 296 g/mol. The van der Waals surface area contributed by atoms with Gasteiger partial charge < -0.3 is 16.4 Å². The number of rotatable bonds is 6. The van der Waals surface area contributed by atoms with Gasteiger partial charge in [-0.15, -0.1) is 0 Å². The molecule has 4 heteroatoms. The van der Waals surface area contributed by atoms with Crippen LogP contribution in [-0.2, 0) is 6.42 Å². The molecule has 0 atom stereocenters. The Kier molecular flexibility index (Phi) is 4.56. The lowest BCUT2D eigenvalue weighted by Crippen LogP contribution is -2.47. The predicted molar refractivity (Wildman–Crippen MR) is 101 cm³/mol. The molecule has 1 saturated heterocycles. The summed E-state index contributed by atoms with van der Waals surface area (Å²) >= 11 is 0. The first-order valence-corrected chi connectivity index (χ1v) is 8.18. The molecule has 3 rings (SSSR count). The first-order chi connectivity index (χ1) is 11.5. The molecule has 24 heavy (non-hydrogen) atoms. The van der Waals surface area contributed by atoms with Gasteiger partial charge in [-0.25, -0.2) is 4.98 Å². The van der Waals surface area contributed by atoms with Crippen molar-refractivity contribution < 1.29 is 0 Å². The van der Waals surface area contributed by atoms with Gasteiger partial charge >= 0.3 is 0 Å². The van der Waals surface area contributed by atoms with Gasteiger partial charge in [-0.2, -0.15) is 0 Å². The lowest BCUT2D eigenvalue weighted by Gasteiger charge is -2.40. The van der Waals surface area contributed by atoms with Gasteiger partial charge in [-0.05, 0) is 48.6 Å². The Morgan fingerprint density at radius 3 is 2.42 bits per heavy atom. The summed E-state index contributed by atoms with van der Waals surface area (Å²) in [5.74, 6) is 1.65. The highest BCUT2D eigenvalue weighted by atomic mass is 15.2.